The van der Waals surface area contributed by atoms with E-state index in [2.05, 4.69) is 25.8 Å². The van der Waals surface area contributed by atoms with Crippen LogP contribution in [-0.2, 0) is 4.79 Å². The van der Waals surface area contributed by atoms with Crippen molar-refractivity contribution >= 4 is 56.1 Å². The fourth-order valence-corrected chi connectivity index (χ4v) is 4.01. The van der Waals surface area contributed by atoms with Gasteiger partial charge in [0.15, 0.2) is 10.9 Å². The van der Waals surface area contributed by atoms with Crippen molar-refractivity contribution in [2.75, 3.05) is 16.4 Å². The van der Waals surface area contributed by atoms with Gasteiger partial charge in [0, 0.05) is 0 Å². The van der Waals surface area contributed by atoms with Gasteiger partial charge in [0.25, 0.3) is 5.91 Å². The summed E-state index contributed by atoms with van der Waals surface area (Å²) in [7, 11) is 0. The first-order valence-electron chi connectivity index (χ1n) is 8.76. The van der Waals surface area contributed by atoms with E-state index in [0.717, 1.165) is 10.2 Å². The number of benzene rings is 2. The second-order valence-electron chi connectivity index (χ2n) is 6.01. The molecule has 2 amide bonds. The van der Waals surface area contributed by atoms with Gasteiger partial charge in [-0.3, -0.25) is 9.59 Å². The van der Waals surface area contributed by atoms with E-state index in [9.17, 15) is 14.0 Å². The van der Waals surface area contributed by atoms with Crippen LogP contribution < -0.4 is 10.6 Å². The molecule has 2 N–H and O–H groups in total. The number of rotatable bonds is 6. The minimum Gasteiger partial charge on any atom is -0.305 e. The Morgan fingerprint density at radius 3 is 2.53 bits per heavy atom. The summed E-state index contributed by atoms with van der Waals surface area (Å²) in [5, 5.41) is 14.2. The quantitative estimate of drug-likeness (QED) is 0.437. The zero-order valence-corrected chi connectivity index (χ0v) is 17.0. The Morgan fingerprint density at radius 1 is 0.967 bits per heavy atom. The van der Waals surface area contributed by atoms with E-state index in [1.807, 2.05) is 24.3 Å². The molecule has 0 unspecified atom stereocenters. The number of para-hydroxylation sites is 1. The lowest BCUT2D eigenvalue weighted by Gasteiger charge is -2.05. The van der Waals surface area contributed by atoms with Gasteiger partial charge in [-0.05, 0) is 36.4 Å². The molecule has 2 aromatic carbocycles. The maximum atomic E-state index is 13.7. The van der Waals surface area contributed by atoms with Crippen LogP contribution in [0.3, 0.4) is 0 Å². The first kappa shape index (κ1) is 19.9. The predicted molar refractivity (Wildman–Crippen MR) is 115 cm³/mol. The molecule has 0 saturated heterocycles. The number of hydrogen-bond acceptors (Lipinski definition) is 7. The fourth-order valence-electron chi connectivity index (χ4n) is 2.51. The normalized spacial score (nSPS) is 10.7. The Balaban J connectivity index is 1.30. The van der Waals surface area contributed by atoms with Gasteiger partial charge in [0.2, 0.25) is 5.91 Å². The summed E-state index contributed by atoms with van der Waals surface area (Å²) in [6.45, 7) is 0. The van der Waals surface area contributed by atoms with Crippen molar-refractivity contribution in [3.8, 4) is 0 Å². The monoisotopic (exact) mass is 439 g/mol. The summed E-state index contributed by atoms with van der Waals surface area (Å²) in [4.78, 5) is 28.6. The summed E-state index contributed by atoms with van der Waals surface area (Å²) in [6, 6.07) is 16.5. The number of aromatic nitrogens is 3. The summed E-state index contributed by atoms with van der Waals surface area (Å²) in [5.74, 6) is -1.12. The number of hydrogen-bond donors (Lipinski definition) is 2. The van der Waals surface area contributed by atoms with Crippen molar-refractivity contribution in [2.24, 2.45) is 0 Å². The number of amides is 2. The number of nitrogens with zero attached hydrogens (tertiary/aromatic N) is 3. The van der Waals surface area contributed by atoms with Crippen LogP contribution in [0.5, 0.6) is 0 Å². The lowest BCUT2D eigenvalue weighted by Crippen LogP contribution is -2.15. The third kappa shape index (κ3) is 4.78. The van der Waals surface area contributed by atoms with Gasteiger partial charge < -0.3 is 10.6 Å². The molecule has 0 bridgehead atoms. The van der Waals surface area contributed by atoms with Gasteiger partial charge in [-0.25, -0.2) is 9.37 Å². The molecular formula is C20H14FN5O2S2. The van der Waals surface area contributed by atoms with Crippen molar-refractivity contribution in [1.29, 1.82) is 0 Å². The lowest BCUT2D eigenvalue weighted by atomic mass is 10.2. The minimum atomic E-state index is -0.616. The lowest BCUT2D eigenvalue weighted by molar-refractivity contribution is -0.113. The first-order valence-corrected chi connectivity index (χ1v) is 10.6. The van der Waals surface area contributed by atoms with Crippen LogP contribution in [0.2, 0.25) is 0 Å². The van der Waals surface area contributed by atoms with Crippen LogP contribution in [0.15, 0.2) is 65.7 Å². The van der Waals surface area contributed by atoms with E-state index >= 15 is 0 Å². The van der Waals surface area contributed by atoms with E-state index in [0.29, 0.717) is 10.2 Å². The molecule has 2 aromatic heterocycles. The Hall–Kier alpha value is -3.37. The maximum Gasteiger partial charge on any atom is 0.259 e. The molecule has 30 heavy (non-hydrogen) atoms. The highest BCUT2D eigenvalue weighted by Gasteiger charge is 2.12. The molecule has 2 heterocycles. The minimum absolute atomic E-state index is 0.0794. The van der Waals surface area contributed by atoms with E-state index < -0.39 is 11.7 Å². The average Bonchev–Trinajstić information content (AvgIpc) is 3.15. The van der Waals surface area contributed by atoms with Crippen molar-refractivity contribution in [3.05, 3.63) is 72.0 Å². The smallest absolute Gasteiger partial charge is 0.259 e. The molecule has 4 aromatic rings. The number of thiazole rings is 1. The van der Waals surface area contributed by atoms with Crippen molar-refractivity contribution in [2.45, 2.75) is 5.03 Å². The molecule has 0 saturated carbocycles. The van der Waals surface area contributed by atoms with E-state index in [1.54, 1.807) is 18.2 Å². The molecule has 4 rings (SSSR count). The summed E-state index contributed by atoms with van der Waals surface area (Å²) in [6.07, 6.45) is 0. The van der Waals surface area contributed by atoms with Crippen molar-refractivity contribution < 1.29 is 14.0 Å². The molecule has 0 fully saturated rings. The zero-order valence-electron chi connectivity index (χ0n) is 15.3. The first-order chi connectivity index (χ1) is 14.6. The highest BCUT2D eigenvalue weighted by Crippen LogP contribution is 2.25. The van der Waals surface area contributed by atoms with Crippen LogP contribution in [-0.4, -0.2) is 32.7 Å². The van der Waals surface area contributed by atoms with Gasteiger partial charge >= 0.3 is 0 Å². The number of thioether (sulfide) groups is 1. The molecule has 0 aliphatic rings. The summed E-state index contributed by atoms with van der Waals surface area (Å²) >= 11 is 2.61. The molecule has 0 atom stereocenters. The third-order valence-corrected chi connectivity index (χ3v) is 5.76. The van der Waals surface area contributed by atoms with E-state index in [1.165, 1.54) is 41.3 Å². The molecule has 10 heteroatoms. The van der Waals surface area contributed by atoms with E-state index in [-0.39, 0.29) is 23.0 Å². The topological polar surface area (TPSA) is 96.9 Å². The van der Waals surface area contributed by atoms with Gasteiger partial charge in [-0.15, -0.1) is 10.2 Å². The Kier molecular flexibility index (Phi) is 5.96. The largest absolute Gasteiger partial charge is 0.305 e. The number of anilines is 2. The van der Waals surface area contributed by atoms with Crippen LogP contribution >= 0.6 is 23.1 Å². The van der Waals surface area contributed by atoms with Crippen LogP contribution in [0.25, 0.3) is 10.2 Å². The highest BCUT2D eigenvalue weighted by atomic mass is 32.2. The number of fused-ring (bicyclic) bond motifs is 1. The SMILES string of the molecule is O=C(CSc1ccc(NC(=O)c2ccccc2F)nn1)Nc1nc2ccccc2s1. The average molecular weight is 439 g/mol. The van der Waals surface area contributed by atoms with Gasteiger partial charge in [-0.2, -0.15) is 0 Å². The number of halogens is 1. The van der Waals surface area contributed by atoms with E-state index in [4.69, 9.17) is 0 Å². The molecule has 0 aliphatic heterocycles. The van der Waals surface area contributed by atoms with Crippen LogP contribution in [0.1, 0.15) is 10.4 Å². The van der Waals surface area contributed by atoms with Crippen LogP contribution in [0, 0.1) is 5.82 Å². The van der Waals surface area contributed by atoms with Crippen molar-refractivity contribution in [1.82, 2.24) is 15.2 Å². The zero-order chi connectivity index (χ0) is 20.9. The molecular weight excluding hydrogens is 425 g/mol. The highest BCUT2D eigenvalue weighted by molar-refractivity contribution is 7.99. The second-order valence-corrected chi connectivity index (χ2v) is 8.04. The van der Waals surface area contributed by atoms with Crippen molar-refractivity contribution in [3.63, 3.8) is 0 Å². The standard InChI is InChI=1S/C20H14FN5O2S2/c21-13-6-2-1-5-12(13)19(28)23-16-9-10-18(26-25-16)29-11-17(27)24-20-22-14-7-3-4-8-15(14)30-20/h1-10H,11H2,(H,22,24,27)(H,23,25,28). The number of carbonyl (C=O) groups excluding carboxylic acids is 2. The predicted octanol–water partition coefficient (Wildman–Crippen LogP) is 4.21. The Bertz CT molecular complexity index is 1180. The second kappa shape index (κ2) is 8.97. The molecule has 150 valence electrons. The molecule has 0 radical (unpaired) electrons. The fraction of sp³-hybridized carbons (Fsp3) is 0.0500. The Labute approximate surface area is 178 Å². The molecule has 7 nitrogen and oxygen atoms in total. The summed E-state index contributed by atoms with van der Waals surface area (Å²) in [5.41, 5.74) is 0.758. The number of nitrogens with one attached hydrogen (secondary N) is 2. The van der Waals surface area contributed by atoms with Gasteiger partial charge in [0.1, 0.15) is 10.8 Å². The molecule has 0 spiro atoms. The van der Waals surface area contributed by atoms with Gasteiger partial charge in [-0.1, -0.05) is 47.4 Å². The maximum absolute atomic E-state index is 13.7. The third-order valence-electron chi connectivity index (χ3n) is 3.89. The van der Waals surface area contributed by atoms with Crippen LogP contribution in [0.4, 0.5) is 15.3 Å². The number of carbonyl (C=O) groups is 2. The summed E-state index contributed by atoms with van der Waals surface area (Å²) < 4.78 is 14.7. The Morgan fingerprint density at radius 2 is 1.77 bits per heavy atom. The van der Waals surface area contributed by atoms with Gasteiger partial charge in [0.05, 0.1) is 21.5 Å². The molecule has 0 aliphatic carbocycles.